The fourth-order valence-corrected chi connectivity index (χ4v) is 10.6. The van der Waals surface area contributed by atoms with E-state index < -0.39 is 59.9 Å². The van der Waals surface area contributed by atoms with Crippen molar-refractivity contribution in [3.05, 3.63) is 0 Å². The minimum Gasteiger partial charge on any atom is -0.435 e. The van der Waals surface area contributed by atoms with Gasteiger partial charge in [0.05, 0.1) is 12.8 Å². The molecule has 12 heteroatoms. The number of rotatable bonds is 5. The van der Waals surface area contributed by atoms with Gasteiger partial charge in [0.2, 0.25) is 24.2 Å². The van der Waals surface area contributed by atoms with Crippen LogP contribution in [0.4, 0.5) is 0 Å². The van der Waals surface area contributed by atoms with Crippen LogP contribution in [0.5, 0.6) is 0 Å². The maximum Gasteiger partial charge on any atom is 0.308 e. The zero-order valence-corrected chi connectivity index (χ0v) is 27.9. The van der Waals surface area contributed by atoms with E-state index in [0.717, 1.165) is 38.5 Å². The predicted octanol–water partition coefficient (Wildman–Crippen LogP) is 5.27. The van der Waals surface area contributed by atoms with Crippen LogP contribution in [-0.4, -0.2) is 59.9 Å². The van der Waals surface area contributed by atoms with Gasteiger partial charge in [0, 0.05) is 36.5 Å². The van der Waals surface area contributed by atoms with Gasteiger partial charge >= 0.3 is 11.9 Å². The number of carbonyl (C=O) groups excluding carboxylic acids is 2. The van der Waals surface area contributed by atoms with Crippen LogP contribution >= 0.6 is 0 Å². The van der Waals surface area contributed by atoms with E-state index in [4.69, 9.17) is 48.0 Å². The van der Waals surface area contributed by atoms with Crippen molar-refractivity contribution < 1.29 is 57.6 Å². The Hall–Kier alpha value is -1.38. The molecule has 0 amide bonds. The number of hydrogen-bond donors (Lipinski definition) is 0. The molecule has 10 fully saturated rings. The Morgan fingerprint density at radius 3 is 1.41 bits per heavy atom. The van der Waals surface area contributed by atoms with E-state index in [0.29, 0.717) is 24.7 Å². The smallest absolute Gasteiger partial charge is 0.308 e. The summed E-state index contributed by atoms with van der Waals surface area (Å²) < 4.78 is 37.2. The Balaban J connectivity index is 0.902. The highest BCUT2D eigenvalue weighted by molar-refractivity contribution is 5.77. The van der Waals surface area contributed by atoms with Gasteiger partial charge in [-0.3, -0.25) is 9.59 Å². The van der Waals surface area contributed by atoms with Crippen molar-refractivity contribution in [2.24, 2.45) is 47.3 Å². The molecule has 46 heavy (non-hydrogen) atoms. The van der Waals surface area contributed by atoms with Gasteiger partial charge in [-0.2, -0.15) is 0 Å². The SMILES string of the molecule is C[C@H]1[C@H](OC(=O)CCC(=O)O[C@@H]2O[C@@H]3O[C@@]4(C)CC[C@H]5[C@H](C)CC[C@@H]([C@H]2C)[C@@]35OO4)O[C@@H]2O[C@@]3(C)CC[C@H]4[C@H](C)CC[C@@H]1[C@@]24OO3. The van der Waals surface area contributed by atoms with E-state index in [1.807, 2.05) is 27.7 Å². The molecule has 258 valence electrons. The standard InChI is InChI=1S/C34H50O12/c1-17-7-9-23-19(3)27(39-29-33(23)21(17)13-15-31(5,41-29)43-45-33)37-25(35)11-12-26(36)38-28-20(4)24-10-8-18(2)22-14-16-32(6)42-30(40-28)34(22,24)46-44-32/h17-24,27-30H,7-16H2,1-6H3/t17-,18-,19-,20-,21+,22+,23+,24+,27-,28-,29-,30-,31-,32-,33-,34-/m1/s1. The van der Waals surface area contributed by atoms with Gasteiger partial charge in [0.15, 0.2) is 23.8 Å². The van der Waals surface area contributed by atoms with Crippen molar-refractivity contribution in [2.45, 2.75) is 154 Å². The van der Waals surface area contributed by atoms with Crippen molar-refractivity contribution in [1.29, 1.82) is 0 Å². The summed E-state index contributed by atoms with van der Waals surface area (Å²) in [6.07, 6.45) is 3.78. The summed E-state index contributed by atoms with van der Waals surface area (Å²) >= 11 is 0. The lowest BCUT2D eigenvalue weighted by molar-refractivity contribution is -0.576. The summed E-state index contributed by atoms with van der Waals surface area (Å²) in [4.78, 5) is 50.3. The first-order valence-corrected chi connectivity index (χ1v) is 17.7. The Morgan fingerprint density at radius 1 is 0.587 bits per heavy atom. The molecule has 8 aliphatic heterocycles. The van der Waals surface area contributed by atoms with E-state index in [9.17, 15) is 9.59 Å². The summed E-state index contributed by atoms with van der Waals surface area (Å²) in [6.45, 7) is 12.3. The van der Waals surface area contributed by atoms with Crippen LogP contribution in [0.2, 0.25) is 0 Å². The second kappa shape index (κ2) is 11.1. The van der Waals surface area contributed by atoms with E-state index in [1.54, 1.807) is 0 Å². The molecule has 2 spiro atoms. The molecule has 0 N–H and O–H groups in total. The van der Waals surface area contributed by atoms with Gasteiger partial charge in [-0.1, -0.05) is 27.7 Å². The lowest BCUT2D eigenvalue weighted by Crippen LogP contribution is -2.70. The van der Waals surface area contributed by atoms with E-state index in [2.05, 4.69) is 13.8 Å². The van der Waals surface area contributed by atoms with Gasteiger partial charge in [-0.05, 0) is 76.0 Å². The number of carbonyl (C=O) groups is 2. The first kappa shape index (κ1) is 31.9. The fourth-order valence-electron chi connectivity index (χ4n) is 10.6. The van der Waals surface area contributed by atoms with Gasteiger partial charge in [0.1, 0.15) is 0 Å². The zero-order chi connectivity index (χ0) is 32.2. The maximum atomic E-state index is 13.1. The lowest BCUT2D eigenvalue weighted by Gasteiger charge is -2.60. The summed E-state index contributed by atoms with van der Waals surface area (Å²) in [5.41, 5.74) is -1.47. The van der Waals surface area contributed by atoms with Crippen LogP contribution in [0.15, 0.2) is 0 Å². The largest absolute Gasteiger partial charge is 0.435 e. The third kappa shape index (κ3) is 4.68. The van der Waals surface area contributed by atoms with Crippen LogP contribution in [0.3, 0.4) is 0 Å². The highest BCUT2D eigenvalue weighted by atomic mass is 17.3. The number of esters is 2. The molecule has 8 saturated heterocycles. The van der Waals surface area contributed by atoms with Crippen LogP contribution < -0.4 is 0 Å². The van der Waals surface area contributed by atoms with Crippen molar-refractivity contribution in [1.82, 2.24) is 0 Å². The average Bonchev–Trinajstić information content (AvgIpc) is 3.39. The van der Waals surface area contributed by atoms with Crippen molar-refractivity contribution in [3.8, 4) is 0 Å². The molecule has 2 aliphatic carbocycles. The molecule has 12 nitrogen and oxygen atoms in total. The number of ether oxygens (including phenoxy) is 6. The fraction of sp³-hybridized carbons (Fsp3) is 0.941. The highest BCUT2D eigenvalue weighted by Gasteiger charge is 2.71. The van der Waals surface area contributed by atoms with Crippen LogP contribution in [0.25, 0.3) is 0 Å². The summed E-state index contributed by atoms with van der Waals surface area (Å²) in [6, 6.07) is 0. The first-order valence-electron chi connectivity index (χ1n) is 17.7. The minimum absolute atomic E-state index is 0.0339. The normalized spacial score (nSPS) is 55.3. The Morgan fingerprint density at radius 2 is 1.00 bits per heavy atom. The molecule has 0 unspecified atom stereocenters. The van der Waals surface area contributed by atoms with E-state index in [-0.39, 0.29) is 48.3 Å². The molecule has 0 aromatic rings. The third-order valence-corrected chi connectivity index (χ3v) is 13.2. The molecular weight excluding hydrogens is 600 g/mol. The molecule has 4 bridgehead atoms. The Labute approximate surface area is 270 Å². The molecular formula is C34H50O12. The molecule has 0 radical (unpaired) electrons. The van der Waals surface area contributed by atoms with Crippen molar-refractivity contribution in [2.75, 3.05) is 0 Å². The second-order valence-electron chi connectivity index (χ2n) is 16.0. The first-order chi connectivity index (χ1) is 21.9. The van der Waals surface area contributed by atoms with Gasteiger partial charge in [-0.25, -0.2) is 19.6 Å². The summed E-state index contributed by atoms with van der Waals surface area (Å²) in [5, 5.41) is 0. The topological polar surface area (TPSA) is 126 Å². The summed E-state index contributed by atoms with van der Waals surface area (Å²) in [7, 11) is 0. The molecule has 2 saturated carbocycles. The predicted molar refractivity (Wildman–Crippen MR) is 155 cm³/mol. The highest BCUT2D eigenvalue weighted by Crippen LogP contribution is 2.62. The number of hydrogen-bond acceptors (Lipinski definition) is 12. The van der Waals surface area contributed by atoms with E-state index >= 15 is 0 Å². The molecule has 16 atom stereocenters. The second-order valence-corrected chi connectivity index (χ2v) is 16.0. The molecule has 10 aliphatic rings. The average molecular weight is 651 g/mol. The van der Waals surface area contributed by atoms with Gasteiger partial charge in [-0.15, -0.1) is 0 Å². The zero-order valence-electron chi connectivity index (χ0n) is 27.9. The summed E-state index contributed by atoms with van der Waals surface area (Å²) in [5.74, 6) is -1.81. The Bertz CT molecular complexity index is 1140. The van der Waals surface area contributed by atoms with Crippen LogP contribution in [0.1, 0.15) is 106 Å². The van der Waals surface area contributed by atoms with Gasteiger partial charge < -0.3 is 28.4 Å². The monoisotopic (exact) mass is 650 g/mol. The number of fused-ring (bicyclic) bond motifs is 4. The van der Waals surface area contributed by atoms with Crippen LogP contribution in [0, 0.1) is 47.3 Å². The lowest BCUT2D eigenvalue weighted by atomic mass is 9.58. The van der Waals surface area contributed by atoms with E-state index in [1.165, 1.54) is 0 Å². The third-order valence-electron chi connectivity index (χ3n) is 13.2. The van der Waals surface area contributed by atoms with Crippen molar-refractivity contribution >= 4 is 11.9 Å². The molecule has 0 aromatic carbocycles. The molecule has 0 aromatic heterocycles. The minimum atomic E-state index is -0.913. The quantitative estimate of drug-likeness (QED) is 0.284. The molecule has 10 rings (SSSR count). The molecule has 8 heterocycles. The Kier molecular flexibility index (Phi) is 7.66. The van der Waals surface area contributed by atoms with Gasteiger partial charge in [0.25, 0.3) is 0 Å². The maximum absolute atomic E-state index is 13.1. The van der Waals surface area contributed by atoms with Crippen molar-refractivity contribution in [3.63, 3.8) is 0 Å². The van der Waals surface area contributed by atoms with Crippen LogP contribution in [-0.2, 0) is 57.6 Å².